The highest BCUT2D eigenvalue weighted by Gasteiger charge is 2.40. The van der Waals surface area contributed by atoms with Gasteiger partial charge in [-0.2, -0.15) is 0 Å². The van der Waals surface area contributed by atoms with Crippen molar-refractivity contribution < 1.29 is 33.1 Å². The highest BCUT2D eigenvalue weighted by molar-refractivity contribution is 6.74. The second-order valence-electron chi connectivity index (χ2n) is 12.0. The first-order valence-electron chi connectivity index (χ1n) is 14.0. The summed E-state index contributed by atoms with van der Waals surface area (Å²) in [4.78, 5) is 38.8. The number of methoxy groups -OCH3 is 1. The molecule has 0 aliphatic carbocycles. The van der Waals surface area contributed by atoms with Gasteiger partial charge in [-0.15, -0.1) is 0 Å². The number of amides is 1. The van der Waals surface area contributed by atoms with E-state index in [1.165, 1.54) is 19.2 Å². The molecule has 2 aromatic carbocycles. The summed E-state index contributed by atoms with van der Waals surface area (Å²) in [5.74, 6) is -0.497. The molecule has 0 unspecified atom stereocenters. The molecule has 1 heterocycles. The summed E-state index contributed by atoms with van der Waals surface area (Å²) in [6.07, 6.45) is 0.694. The minimum absolute atomic E-state index is 0.00163. The zero-order valence-corrected chi connectivity index (χ0v) is 26.7. The Hall–Kier alpha value is -3.70. The SMILES string of the molecule is C=C1C[C@@H](CO[Si](C)(C)C(C)(C)C)N(C(=O)c2cc(OC)c(OCc3cccc(CC(=O)OCC)c3)cc2[N+](=O)[O-])C1. The Morgan fingerprint density at radius 2 is 1.83 bits per heavy atom. The Labute approximate surface area is 248 Å². The van der Waals surface area contributed by atoms with Crippen molar-refractivity contribution in [1.82, 2.24) is 4.90 Å². The molecule has 42 heavy (non-hydrogen) atoms. The number of likely N-dealkylation sites (tertiary alicyclic amines) is 1. The lowest BCUT2D eigenvalue weighted by atomic mass is 10.1. The van der Waals surface area contributed by atoms with Gasteiger partial charge in [-0.25, -0.2) is 0 Å². The van der Waals surface area contributed by atoms with Gasteiger partial charge in [0.1, 0.15) is 12.2 Å². The molecule has 1 fully saturated rings. The third-order valence-corrected chi connectivity index (χ3v) is 12.3. The largest absolute Gasteiger partial charge is 0.493 e. The predicted molar refractivity (Wildman–Crippen MR) is 162 cm³/mol. The van der Waals surface area contributed by atoms with Crippen molar-refractivity contribution in [3.8, 4) is 11.5 Å². The van der Waals surface area contributed by atoms with Gasteiger partial charge in [-0.05, 0) is 42.6 Å². The summed E-state index contributed by atoms with van der Waals surface area (Å²) < 4.78 is 22.8. The quantitative estimate of drug-likeness (QED) is 0.0949. The Morgan fingerprint density at radius 1 is 1.14 bits per heavy atom. The smallest absolute Gasteiger partial charge is 0.310 e. The number of hydrogen-bond donors (Lipinski definition) is 0. The normalized spacial score (nSPS) is 15.5. The zero-order valence-electron chi connectivity index (χ0n) is 25.7. The lowest BCUT2D eigenvalue weighted by Crippen LogP contribution is -2.46. The molecule has 1 saturated heterocycles. The number of nitro groups is 1. The molecular weight excluding hydrogens is 556 g/mol. The van der Waals surface area contributed by atoms with Crippen molar-refractivity contribution >= 4 is 25.9 Å². The van der Waals surface area contributed by atoms with Crippen LogP contribution in [0, 0.1) is 10.1 Å². The number of rotatable bonds is 12. The number of carbonyl (C=O) groups excluding carboxylic acids is 2. The van der Waals surface area contributed by atoms with Gasteiger partial charge in [-0.1, -0.05) is 57.2 Å². The van der Waals surface area contributed by atoms with Crippen LogP contribution < -0.4 is 9.47 Å². The number of nitrogens with zero attached hydrogens (tertiary/aromatic N) is 2. The molecule has 1 atom stereocenters. The van der Waals surface area contributed by atoms with E-state index in [0.717, 1.165) is 16.7 Å². The minimum Gasteiger partial charge on any atom is -0.493 e. The number of ether oxygens (including phenoxy) is 3. The van der Waals surface area contributed by atoms with Crippen LogP contribution in [-0.2, 0) is 27.0 Å². The molecule has 0 bridgehead atoms. The van der Waals surface area contributed by atoms with Crippen LogP contribution in [0.15, 0.2) is 48.6 Å². The van der Waals surface area contributed by atoms with Crippen molar-refractivity contribution in [2.75, 3.05) is 26.9 Å². The number of carbonyl (C=O) groups is 2. The van der Waals surface area contributed by atoms with E-state index >= 15 is 0 Å². The average molecular weight is 599 g/mol. The van der Waals surface area contributed by atoms with Gasteiger partial charge in [-0.3, -0.25) is 19.7 Å². The van der Waals surface area contributed by atoms with E-state index in [4.69, 9.17) is 18.6 Å². The third-order valence-electron chi connectivity index (χ3n) is 7.81. The number of nitro benzene ring substituents is 1. The van der Waals surface area contributed by atoms with Crippen LogP contribution in [0.4, 0.5) is 5.69 Å². The van der Waals surface area contributed by atoms with E-state index in [-0.39, 0.29) is 52.8 Å². The van der Waals surface area contributed by atoms with E-state index in [1.54, 1.807) is 17.9 Å². The second-order valence-corrected chi connectivity index (χ2v) is 16.8. The molecule has 1 aliphatic rings. The molecule has 2 aromatic rings. The standard InChI is InChI=1S/C31H42N2O8Si/c1-9-39-29(34)15-22-11-10-12-23(14-22)19-40-28-17-26(33(36)37)25(16-27(28)38-6)30(35)32-18-21(2)13-24(32)20-41-42(7,8)31(3,4)5/h10-12,14,16-17,24H,2,9,13,15,18-20H2,1,3-8H3/t24-/m0/s1. The van der Waals surface area contributed by atoms with E-state index in [2.05, 4.69) is 40.4 Å². The van der Waals surface area contributed by atoms with Crippen LogP contribution in [0.2, 0.25) is 18.1 Å². The first kappa shape index (κ1) is 32.8. The molecule has 11 heteroatoms. The average Bonchev–Trinajstić information content (AvgIpc) is 3.29. The topological polar surface area (TPSA) is 117 Å². The Kier molecular flexibility index (Phi) is 10.6. The van der Waals surface area contributed by atoms with Crippen LogP contribution in [0.1, 0.15) is 55.6 Å². The summed E-state index contributed by atoms with van der Waals surface area (Å²) in [5, 5.41) is 12.1. The van der Waals surface area contributed by atoms with Crippen LogP contribution in [0.25, 0.3) is 0 Å². The van der Waals surface area contributed by atoms with Gasteiger partial charge in [0.2, 0.25) is 0 Å². The highest BCUT2D eigenvalue weighted by Crippen LogP contribution is 2.39. The maximum Gasteiger partial charge on any atom is 0.310 e. The van der Waals surface area contributed by atoms with E-state index in [1.807, 2.05) is 18.2 Å². The fourth-order valence-corrected chi connectivity index (χ4v) is 5.50. The first-order valence-corrected chi connectivity index (χ1v) is 16.9. The van der Waals surface area contributed by atoms with Crippen LogP contribution in [0.3, 0.4) is 0 Å². The molecule has 1 amide bonds. The fraction of sp³-hybridized carbons (Fsp3) is 0.484. The van der Waals surface area contributed by atoms with E-state index < -0.39 is 19.1 Å². The summed E-state index contributed by atoms with van der Waals surface area (Å²) >= 11 is 0. The summed E-state index contributed by atoms with van der Waals surface area (Å²) in [7, 11) is -0.665. The van der Waals surface area contributed by atoms with Crippen molar-refractivity contribution in [3.63, 3.8) is 0 Å². The van der Waals surface area contributed by atoms with Crippen LogP contribution >= 0.6 is 0 Å². The minimum atomic E-state index is -2.08. The molecule has 3 rings (SSSR count). The molecule has 0 saturated carbocycles. The van der Waals surface area contributed by atoms with Gasteiger partial charge in [0.15, 0.2) is 19.8 Å². The molecule has 228 valence electrons. The Balaban J connectivity index is 1.84. The summed E-state index contributed by atoms with van der Waals surface area (Å²) in [6.45, 7) is 17.6. The third kappa shape index (κ3) is 7.98. The van der Waals surface area contributed by atoms with Gasteiger partial charge in [0, 0.05) is 12.6 Å². The summed E-state index contributed by atoms with van der Waals surface area (Å²) in [5.41, 5.74) is 1.91. The second kappa shape index (κ2) is 13.5. The van der Waals surface area contributed by atoms with Crippen LogP contribution in [-0.4, -0.2) is 62.9 Å². The monoisotopic (exact) mass is 598 g/mol. The lowest BCUT2D eigenvalue weighted by Gasteiger charge is -2.38. The van der Waals surface area contributed by atoms with Gasteiger partial charge < -0.3 is 23.5 Å². The van der Waals surface area contributed by atoms with Gasteiger partial charge >= 0.3 is 5.97 Å². The molecule has 1 aliphatic heterocycles. The zero-order chi connectivity index (χ0) is 31.2. The maximum absolute atomic E-state index is 13.8. The van der Waals surface area contributed by atoms with Crippen molar-refractivity contribution in [2.45, 2.75) is 71.3 Å². The first-order chi connectivity index (χ1) is 19.7. The number of benzene rings is 2. The molecule has 0 aromatic heterocycles. The van der Waals surface area contributed by atoms with Crippen LogP contribution in [0.5, 0.6) is 11.5 Å². The predicted octanol–water partition coefficient (Wildman–Crippen LogP) is 6.08. The molecule has 0 radical (unpaired) electrons. The lowest BCUT2D eigenvalue weighted by molar-refractivity contribution is -0.385. The Morgan fingerprint density at radius 3 is 2.45 bits per heavy atom. The number of esters is 1. The highest BCUT2D eigenvalue weighted by atomic mass is 28.4. The Bertz CT molecular complexity index is 1330. The van der Waals surface area contributed by atoms with Gasteiger partial charge in [0.05, 0.1) is 43.8 Å². The fourth-order valence-electron chi connectivity index (χ4n) is 4.45. The molecule has 0 spiro atoms. The van der Waals surface area contributed by atoms with E-state index in [0.29, 0.717) is 26.2 Å². The maximum atomic E-state index is 13.8. The van der Waals surface area contributed by atoms with Crippen molar-refractivity contribution in [3.05, 3.63) is 75.4 Å². The van der Waals surface area contributed by atoms with Crippen molar-refractivity contribution in [1.29, 1.82) is 0 Å². The summed E-state index contributed by atoms with van der Waals surface area (Å²) in [6, 6.07) is 9.54. The molecule has 0 N–H and O–H groups in total. The number of hydrogen-bond acceptors (Lipinski definition) is 8. The molecule has 10 nitrogen and oxygen atoms in total. The van der Waals surface area contributed by atoms with Gasteiger partial charge in [0.25, 0.3) is 11.6 Å². The van der Waals surface area contributed by atoms with Crippen molar-refractivity contribution in [2.24, 2.45) is 0 Å². The van der Waals surface area contributed by atoms with E-state index in [9.17, 15) is 19.7 Å². The molecular formula is C31H42N2O8Si.